The monoisotopic (exact) mass is 245 g/mol. The second-order valence-corrected chi connectivity index (χ2v) is 6.27. The predicted molar refractivity (Wildman–Crippen MR) is 73.7 cm³/mol. The summed E-state index contributed by atoms with van der Waals surface area (Å²) in [5, 5.41) is 0. The molecule has 3 atom stereocenters. The van der Waals surface area contributed by atoms with Crippen LogP contribution in [0.25, 0.3) is 0 Å². The number of fused-ring (bicyclic) bond motifs is 1. The first-order valence-electron chi connectivity index (χ1n) is 7.13. The molecule has 98 valence electrons. The van der Waals surface area contributed by atoms with Gasteiger partial charge in [0.05, 0.1) is 6.61 Å². The molecule has 1 saturated carbocycles. The lowest BCUT2D eigenvalue weighted by Gasteiger charge is -2.40. The van der Waals surface area contributed by atoms with E-state index in [0.717, 1.165) is 37.5 Å². The van der Waals surface area contributed by atoms with Crippen molar-refractivity contribution in [3.63, 3.8) is 0 Å². The summed E-state index contributed by atoms with van der Waals surface area (Å²) in [5.41, 5.74) is 9.21. The highest BCUT2D eigenvalue weighted by atomic mass is 16.5. The first-order chi connectivity index (χ1) is 8.58. The third-order valence-corrected chi connectivity index (χ3v) is 4.97. The second-order valence-electron chi connectivity index (χ2n) is 6.27. The van der Waals surface area contributed by atoms with Crippen LogP contribution in [0.4, 0.5) is 0 Å². The summed E-state index contributed by atoms with van der Waals surface area (Å²) in [5.74, 6) is 2.58. The maximum absolute atomic E-state index is 6.69. The van der Waals surface area contributed by atoms with Crippen LogP contribution in [-0.2, 0) is 12.0 Å². The minimum absolute atomic E-state index is 0.121. The van der Waals surface area contributed by atoms with E-state index in [9.17, 15) is 0 Å². The summed E-state index contributed by atoms with van der Waals surface area (Å²) in [4.78, 5) is 0. The molecule has 1 heterocycles. The second kappa shape index (κ2) is 4.27. The van der Waals surface area contributed by atoms with Crippen molar-refractivity contribution in [1.82, 2.24) is 0 Å². The molecule has 2 heteroatoms. The fourth-order valence-corrected chi connectivity index (χ4v) is 3.41. The average molecular weight is 245 g/mol. The van der Waals surface area contributed by atoms with Crippen LogP contribution in [-0.4, -0.2) is 6.61 Å². The largest absolute Gasteiger partial charge is 0.493 e. The van der Waals surface area contributed by atoms with Gasteiger partial charge >= 0.3 is 0 Å². The normalized spacial score (nSPS) is 35.1. The van der Waals surface area contributed by atoms with E-state index in [4.69, 9.17) is 10.5 Å². The Morgan fingerprint density at radius 3 is 2.89 bits per heavy atom. The van der Waals surface area contributed by atoms with E-state index in [1.165, 1.54) is 17.5 Å². The Balaban J connectivity index is 1.89. The fourth-order valence-electron chi connectivity index (χ4n) is 3.41. The van der Waals surface area contributed by atoms with Gasteiger partial charge in [-0.25, -0.2) is 0 Å². The summed E-state index contributed by atoms with van der Waals surface area (Å²) in [6, 6.07) is 6.56. The van der Waals surface area contributed by atoms with Gasteiger partial charge in [0.15, 0.2) is 0 Å². The quantitative estimate of drug-likeness (QED) is 0.824. The van der Waals surface area contributed by atoms with Crippen molar-refractivity contribution < 1.29 is 4.74 Å². The molecule has 0 spiro atoms. The number of rotatable bonds is 1. The first-order valence-corrected chi connectivity index (χ1v) is 7.13. The van der Waals surface area contributed by atoms with Gasteiger partial charge in [0.2, 0.25) is 0 Å². The Morgan fingerprint density at radius 1 is 1.28 bits per heavy atom. The molecule has 1 fully saturated rings. The lowest BCUT2D eigenvalue weighted by Crippen LogP contribution is -2.43. The zero-order valence-electron chi connectivity index (χ0n) is 11.4. The molecule has 1 aliphatic heterocycles. The van der Waals surface area contributed by atoms with Crippen LogP contribution in [0.2, 0.25) is 0 Å². The number of nitrogens with two attached hydrogens (primary N) is 1. The minimum atomic E-state index is -0.121. The Kier molecular flexibility index (Phi) is 2.86. The Bertz CT molecular complexity index is 456. The highest BCUT2D eigenvalue weighted by Gasteiger charge is 2.36. The first kappa shape index (κ1) is 12.0. The van der Waals surface area contributed by atoms with Gasteiger partial charge in [-0.05, 0) is 48.3 Å². The van der Waals surface area contributed by atoms with Crippen LogP contribution in [0.3, 0.4) is 0 Å². The van der Waals surface area contributed by atoms with E-state index in [1.807, 2.05) is 0 Å². The summed E-state index contributed by atoms with van der Waals surface area (Å²) in [6.45, 7) is 5.51. The molecule has 3 rings (SSSR count). The van der Waals surface area contributed by atoms with E-state index in [2.05, 4.69) is 32.0 Å². The molecular formula is C16H23NO. The summed E-state index contributed by atoms with van der Waals surface area (Å²) >= 11 is 0. The Labute approximate surface area is 110 Å². The summed E-state index contributed by atoms with van der Waals surface area (Å²) in [6.07, 6.45) is 4.49. The van der Waals surface area contributed by atoms with Gasteiger partial charge in [0, 0.05) is 12.0 Å². The van der Waals surface area contributed by atoms with Gasteiger partial charge in [0.25, 0.3) is 0 Å². The van der Waals surface area contributed by atoms with Crippen molar-refractivity contribution in [1.29, 1.82) is 0 Å². The molecule has 0 saturated heterocycles. The zero-order valence-corrected chi connectivity index (χ0v) is 11.4. The molecular weight excluding hydrogens is 222 g/mol. The molecule has 1 aliphatic carbocycles. The van der Waals surface area contributed by atoms with Crippen molar-refractivity contribution >= 4 is 0 Å². The van der Waals surface area contributed by atoms with Crippen molar-refractivity contribution in [3.8, 4) is 5.75 Å². The van der Waals surface area contributed by atoms with E-state index in [-0.39, 0.29) is 5.54 Å². The highest BCUT2D eigenvalue weighted by molar-refractivity contribution is 5.42. The molecule has 18 heavy (non-hydrogen) atoms. The number of benzene rings is 1. The smallest absolute Gasteiger partial charge is 0.122 e. The zero-order chi connectivity index (χ0) is 12.8. The number of ether oxygens (including phenoxy) is 1. The van der Waals surface area contributed by atoms with Gasteiger partial charge in [-0.3, -0.25) is 0 Å². The van der Waals surface area contributed by atoms with Crippen molar-refractivity contribution in [2.75, 3.05) is 6.61 Å². The molecule has 2 aliphatic rings. The van der Waals surface area contributed by atoms with Crippen LogP contribution in [0.1, 0.15) is 44.2 Å². The molecule has 1 aromatic carbocycles. The van der Waals surface area contributed by atoms with Gasteiger partial charge in [-0.15, -0.1) is 0 Å². The predicted octanol–water partition coefficient (Wildman–Crippen LogP) is 3.23. The van der Waals surface area contributed by atoms with Crippen LogP contribution in [0.5, 0.6) is 5.75 Å². The fraction of sp³-hybridized carbons (Fsp3) is 0.625. The molecule has 0 bridgehead atoms. The lowest BCUT2D eigenvalue weighted by atomic mass is 9.69. The molecule has 3 unspecified atom stereocenters. The van der Waals surface area contributed by atoms with Crippen molar-refractivity contribution in [3.05, 3.63) is 29.3 Å². The van der Waals surface area contributed by atoms with E-state index >= 15 is 0 Å². The molecule has 1 aromatic rings. The van der Waals surface area contributed by atoms with E-state index in [1.54, 1.807) is 0 Å². The molecule has 0 radical (unpaired) electrons. The third-order valence-electron chi connectivity index (χ3n) is 4.97. The minimum Gasteiger partial charge on any atom is -0.493 e. The maximum atomic E-state index is 6.69. The molecule has 0 amide bonds. The van der Waals surface area contributed by atoms with E-state index < -0.39 is 0 Å². The van der Waals surface area contributed by atoms with Gasteiger partial charge in [0.1, 0.15) is 5.75 Å². The summed E-state index contributed by atoms with van der Waals surface area (Å²) in [7, 11) is 0. The van der Waals surface area contributed by atoms with Gasteiger partial charge in [-0.1, -0.05) is 26.0 Å². The van der Waals surface area contributed by atoms with Gasteiger partial charge < -0.3 is 10.5 Å². The van der Waals surface area contributed by atoms with E-state index in [0.29, 0.717) is 5.92 Å². The van der Waals surface area contributed by atoms with Crippen molar-refractivity contribution in [2.45, 2.75) is 45.1 Å². The van der Waals surface area contributed by atoms with Crippen LogP contribution < -0.4 is 10.5 Å². The standard InChI is InChI=1S/C16H23NO/c1-11-5-7-16(17,10-12(11)2)14-3-4-15-13(9-14)6-8-18-15/h3-4,9,11-12H,5-8,10,17H2,1-2H3. The van der Waals surface area contributed by atoms with Crippen LogP contribution in [0, 0.1) is 11.8 Å². The Morgan fingerprint density at radius 2 is 2.11 bits per heavy atom. The topological polar surface area (TPSA) is 35.2 Å². The number of hydrogen-bond donors (Lipinski definition) is 1. The maximum Gasteiger partial charge on any atom is 0.122 e. The molecule has 2 nitrogen and oxygen atoms in total. The molecule has 2 N–H and O–H groups in total. The SMILES string of the molecule is CC1CCC(N)(c2ccc3c(c2)CCO3)CC1C. The van der Waals surface area contributed by atoms with Crippen LogP contribution in [0.15, 0.2) is 18.2 Å². The Hall–Kier alpha value is -1.02. The number of hydrogen-bond acceptors (Lipinski definition) is 2. The average Bonchev–Trinajstić information content (AvgIpc) is 2.81. The highest BCUT2D eigenvalue weighted by Crippen LogP contribution is 2.42. The third kappa shape index (κ3) is 1.93. The van der Waals surface area contributed by atoms with Crippen LogP contribution >= 0.6 is 0 Å². The summed E-state index contributed by atoms with van der Waals surface area (Å²) < 4.78 is 5.57. The van der Waals surface area contributed by atoms with Crippen molar-refractivity contribution in [2.24, 2.45) is 17.6 Å². The lowest BCUT2D eigenvalue weighted by molar-refractivity contribution is 0.177. The van der Waals surface area contributed by atoms with Gasteiger partial charge in [-0.2, -0.15) is 0 Å². The molecule has 0 aromatic heterocycles.